The summed E-state index contributed by atoms with van der Waals surface area (Å²) in [5.41, 5.74) is 3.71. The number of amides is 4. The zero-order valence-corrected chi connectivity index (χ0v) is 31.8. The van der Waals surface area contributed by atoms with E-state index in [1.807, 2.05) is 18.2 Å². The number of allylic oxidation sites excluding steroid dienone is 2. The number of imide groups is 2. The molecular formula is C47H35ClN2O8. The van der Waals surface area contributed by atoms with Gasteiger partial charge in [0.2, 0.25) is 23.6 Å². The van der Waals surface area contributed by atoms with Gasteiger partial charge < -0.3 is 9.84 Å². The molecule has 11 heteroatoms. The average Bonchev–Trinajstić information content (AvgIpc) is 3.67. The first-order valence-corrected chi connectivity index (χ1v) is 19.4. The lowest BCUT2D eigenvalue weighted by Crippen LogP contribution is -2.43. The van der Waals surface area contributed by atoms with Crippen LogP contribution in [0.5, 0.6) is 11.5 Å². The number of hydrogen-bond donors (Lipinski definition) is 1. The van der Waals surface area contributed by atoms with Crippen LogP contribution in [0.1, 0.15) is 56.2 Å². The molecule has 0 radical (unpaired) electrons. The van der Waals surface area contributed by atoms with Gasteiger partial charge >= 0.3 is 0 Å². The summed E-state index contributed by atoms with van der Waals surface area (Å²) in [6, 6.07) is 33.5. The fourth-order valence-electron chi connectivity index (χ4n) is 9.44. The molecule has 2 aliphatic carbocycles. The molecule has 2 aliphatic heterocycles. The SMILES string of the molecule is COc1cc([C@H]2C3=CC[C@@H]4C(=O)N(c5ccc(C(=O)c6ccccc6)cc5)C(=O)[C@@H]4[C@@H]3C[C@H]3C(=O)N(c4ccc(C(=O)c5ccccc5)cc4)C(=O)[C@@H]23)cc(Cl)c1O. The number of carbonyl (C=O) groups excluding carboxylic acids is 6. The van der Waals surface area contributed by atoms with Gasteiger partial charge in [0, 0.05) is 28.2 Å². The van der Waals surface area contributed by atoms with E-state index in [1.165, 1.54) is 12.0 Å². The first kappa shape index (κ1) is 37.0. The second-order valence-electron chi connectivity index (χ2n) is 15.1. The van der Waals surface area contributed by atoms with Crippen molar-refractivity contribution in [2.45, 2.75) is 18.8 Å². The van der Waals surface area contributed by atoms with Gasteiger partial charge in [0.15, 0.2) is 23.1 Å². The number of aromatic hydroxyl groups is 1. The van der Waals surface area contributed by atoms with Crippen molar-refractivity contribution in [2.75, 3.05) is 16.9 Å². The summed E-state index contributed by atoms with van der Waals surface area (Å²) in [5.74, 6) is -6.94. The largest absolute Gasteiger partial charge is 0.503 e. The molecule has 10 nitrogen and oxygen atoms in total. The van der Waals surface area contributed by atoms with Crippen molar-refractivity contribution >= 4 is 58.2 Å². The topological polar surface area (TPSA) is 138 Å². The van der Waals surface area contributed by atoms with Crippen LogP contribution in [0.25, 0.3) is 0 Å². The van der Waals surface area contributed by atoms with Crippen molar-refractivity contribution in [1.29, 1.82) is 0 Å². The number of carbonyl (C=O) groups is 6. The number of anilines is 2. The van der Waals surface area contributed by atoms with Crippen LogP contribution in [0.2, 0.25) is 5.02 Å². The van der Waals surface area contributed by atoms with E-state index in [-0.39, 0.29) is 46.8 Å². The molecule has 6 atom stereocenters. The van der Waals surface area contributed by atoms with Crippen molar-refractivity contribution in [3.63, 3.8) is 0 Å². The van der Waals surface area contributed by atoms with E-state index >= 15 is 0 Å². The molecule has 0 aromatic heterocycles. The minimum absolute atomic E-state index is 0.0119. The molecule has 0 spiro atoms. The van der Waals surface area contributed by atoms with Crippen molar-refractivity contribution in [3.8, 4) is 11.5 Å². The van der Waals surface area contributed by atoms with Gasteiger partial charge in [-0.1, -0.05) is 83.9 Å². The van der Waals surface area contributed by atoms with Gasteiger partial charge in [0.1, 0.15) is 0 Å². The molecule has 2 heterocycles. The first-order valence-electron chi connectivity index (χ1n) is 19.0. The zero-order chi connectivity index (χ0) is 40.4. The van der Waals surface area contributed by atoms with Gasteiger partial charge in [-0.25, -0.2) is 0 Å². The fourth-order valence-corrected chi connectivity index (χ4v) is 9.66. The molecule has 4 aliphatic rings. The highest BCUT2D eigenvalue weighted by molar-refractivity contribution is 6.32. The van der Waals surface area contributed by atoms with Crippen LogP contribution in [0, 0.1) is 29.6 Å². The number of halogens is 1. The van der Waals surface area contributed by atoms with Gasteiger partial charge in [-0.2, -0.15) is 0 Å². The highest BCUT2D eigenvalue weighted by Crippen LogP contribution is 2.59. The summed E-state index contributed by atoms with van der Waals surface area (Å²) >= 11 is 6.53. The Balaban J connectivity index is 1.07. The molecule has 1 N–H and O–H groups in total. The van der Waals surface area contributed by atoms with Crippen LogP contribution < -0.4 is 14.5 Å². The van der Waals surface area contributed by atoms with Crippen LogP contribution >= 0.6 is 11.6 Å². The number of phenolic OH excluding ortho intramolecular Hbond substituents is 1. The van der Waals surface area contributed by atoms with Crippen LogP contribution in [0.15, 0.2) is 133 Å². The number of hydrogen-bond acceptors (Lipinski definition) is 8. The lowest BCUT2D eigenvalue weighted by molar-refractivity contribution is -0.126. The Labute approximate surface area is 338 Å². The lowest BCUT2D eigenvalue weighted by atomic mass is 9.57. The number of methoxy groups -OCH3 is 1. The maximum absolute atomic E-state index is 14.6. The minimum Gasteiger partial charge on any atom is -0.503 e. The number of nitrogens with zero attached hydrogens (tertiary/aromatic N) is 2. The van der Waals surface area contributed by atoms with Crippen LogP contribution in [-0.4, -0.2) is 47.4 Å². The molecule has 58 heavy (non-hydrogen) atoms. The van der Waals surface area contributed by atoms with Crippen molar-refractivity contribution < 1.29 is 38.6 Å². The number of phenols is 1. The normalized spacial score (nSPS) is 23.6. The molecule has 9 rings (SSSR count). The Morgan fingerprint density at radius 2 is 1.10 bits per heavy atom. The Morgan fingerprint density at radius 1 is 0.621 bits per heavy atom. The minimum atomic E-state index is -0.902. The van der Waals surface area contributed by atoms with Crippen molar-refractivity contribution in [3.05, 3.63) is 166 Å². The maximum Gasteiger partial charge on any atom is 0.238 e. The van der Waals surface area contributed by atoms with E-state index in [0.717, 1.165) is 10.5 Å². The third-order valence-corrected chi connectivity index (χ3v) is 12.4. The number of ketones is 2. The molecule has 288 valence electrons. The van der Waals surface area contributed by atoms with E-state index in [1.54, 1.807) is 109 Å². The summed E-state index contributed by atoms with van der Waals surface area (Å²) in [4.78, 5) is 86.4. The average molecular weight is 791 g/mol. The van der Waals surface area contributed by atoms with Crippen LogP contribution in [0.3, 0.4) is 0 Å². The van der Waals surface area contributed by atoms with E-state index in [2.05, 4.69) is 0 Å². The molecule has 1 saturated carbocycles. The van der Waals surface area contributed by atoms with Crippen molar-refractivity contribution in [1.82, 2.24) is 0 Å². The lowest BCUT2D eigenvalue weighted by Gasteiger charge is -2.44. The summed E-state index contributed by atoms with van der Waals surface area (Å²) in [6.45, 7) is 0. The predicted molar refractivity (Wildman–Crippen MR) is 215 cm³/mol. The number of ether oxygens (including phenoxy) is 1. The standard InChI is InChI=1S/C47H35ClN2O8/c1-58-37-23-29(22-36(48)43(37)53)38-32-20-21-33-39(46(56)49(44(33)54)30-16-12-27(13-17-30)41(51)25-8-4-2-5-9-25)34(32)24-35-40(38)47(57)50(45(35)55)31-18-14-28(15-19-31)42(52)26-10-6-3-7-11-26/h2-20,22-23,33-35,38-40,53H,21,24H2,1H3/t33-,34+,35+,38-,39-,40+/m0/s1. The fraction of sp³-hybridized carbons (Fsp3) is 0.191. The third-order valence-electron chi connectivity index (χ3n) is 12.1. The highest BCUT2D eigenvalue weighted by Gasteiger charge is 2.62. The van der Waals surface area contributed by atoms with Gasteiger partial charge in [-0.05, 0) is 85.0 Å². The monoisotopic (exact) mass is 790 g/mol. The second-order valence-corrected chi connectivity index (χ2v) is 15.5. The van der Waals surface area contributed by atoms with E-state index in [4.69, 9.17) is 16.3 Å². The molecular weight excluding hydrogens is 756 g/mol. The van der Waals surface area contributed by atoms with E-state index in [9.17, 15) is 33.9 Å². The van der Waals surface area contributed by atoms with Gasteiger partial charge in [0.05, 0.1) is 47.2 Å². The molecule has 0 bridgehead atoms. The van der Waals surface area contributed by atoms with E-state index in [0.29, 0.717) is 39.2 Å². The van der Waals surface area contributed by atoms with Crippen molar-refractivity contribution in [2.24, 2.45) is 29.6 Å². The molecule has 4 amide bonds. The first-order chi connectivity index (χ1) is 28.1. The van der Waals surface area contributed by atoms with Gasteiger partial charge in [-0.3, -0.25) is 38.6 Å². The quantitative estimate of drug-likeness (QED) is 0.0966. The Morgan fingerprint density at radius 3 is 1.62 bits per heavy atom. The maximum atomic E-state index is 14.6. The van der Waals surface area contributed by atoms with E-state index < -0.39 is 53.2 Å². The van der Waals surface area contributed by atoms with Gasteiger partial charge in [-0.15, -0.1) is 0 Å². The third kappa shape index (κ3) is 5.86. The number of rotatable bonds is 8. The summed E-state index contributed by atoms with van der Waals surface area (Å²) < 4.78 is 5.45. The number of benzene rings is 5. The summed E-state index contributed by atoms with van der Waals surface area (Å²) in [5, 5.41) is 10.6. The second kappa shape index (κ2) is 14.4. The highest BCUT2D eigenvalue weighted by atomic mass is 35.5. The van der Waals surface area contributed by atoms with Gasteiger partial charge in [0.25, 0.3) is 0 Å². The predicted octanol–water partition coefficient (Wildman–Crippen LogP) is 7.56. The summed E-state index contributed by atoms with van der Waals surface area (Å²) in [6.07, 6.45) is 2.28. The molecule has 5 aromatic carbocycles. The van der Waals surface area contributed by atoms with Crippen LogP contribution in [0.4, 0.5) is 11.4 Å². The molecule has 2 saturated heterocycles. The molecule has 0 unspecified atom stereocenters. The Hall–Kier alpha value is -6.65. The Bertz CT molecular complexity index is 2570. The zero-order valence-electron chi connectivity index (χ0n) is 31.1. The smallest absolute Gasteiger partial charge is 0.238 e. The van der Waals surface area contributed by atoms with Crippen LogP contribution in [-0.2, 0) is 19.2 Å². The Kier molecular flexibility index (Phi) is 9.16. The number of fused-ring (bicyclic) bond motifs is 4. The molecule has 3 fully saturated rings. The summed E-state index contributed by atoms with van der Waals surface area (Å²) in [7, 11) is 1.38. The molecule has 5 aromatic rings.